The molecule has 2 N–H and O–H groups in total. The second-order valence-corrected chi connectivity index (χ2v) is 6.43. The molecule has 0 atom stereocenters. The molecule has 0 saturated heterocycles. The van der Waals surface area contributed by atoms with Crippen LogP contribution in [0.3, 0.4) is 0 Å². The molecule has 0 aliphatic carbocycles. The molecule has 2 aromatic carbocycles. The first-order valence-corrected chi connectivity index (χ1v) is 8.69. The summed E-state index contributed by atoms with van der Waals surface area (Å²) >= 11 is 0. The number of carbonyl (C=O) groups excluding carboxylic acids is 2. The third kappa shape index (κ3) is 4.20. The molecule has 1 aliphatic rings. The second kappa shape index (κ2) is 7.99. The number of urea groups is 1. The SMILES string of the molecule is Cc1ccc(F)c2c1CCCN2CC(=O)NC(=O)NCc1ccccc1. The predicted molar refractivity (Wildman–Crippen MR) is 98.5 cm³/mol. The Morgan fingerprint density at radius 3 is 2.69 bits per heavy atom. The van der Waals surface area contributed by atoms with Crippen LogP contribution < -0.4 is 15.5 Å². The van der Waals surface area contributed by atoms with E-state index >= 15 is 0 Å². The maximum Gasteiger partial charge on any atom is 0.321 e. The number of rotatable bonds is 4. The number of imide groups is 1. The topological polar surface area (TPSA) is 61.4 Å². The van der Waals surface area contributed by atoms with Gasteiger partial charge in [-0.1, -0.05) is 36.4 Å². The summed E-state index contributed by atoms with van der Waals surface area (Å²) < 4.78 is 14.3. The minimum absolute atomic E-state index is 0.0495. The van der Waals surface area contributed by atoms with E-state index in [1.54, 1.807) is 11.0 Å². The number of nitrogens with zero attached hydrogens (tertiary/aromatic N) is 1. The summed E-state index contributed by atoms with van der Waals surface area (Å²) in [7, 11) is 0. The van der Waals surface area contributed by atoms with Gasteiger partial charge in [0.05, 0.1) is 12.2 Å². The molecule has 26 heavy (non-hydrogen) atoms. The van der Waals surface area contributed by atoms with Gasteiger partial charge >= 0.3 is 6.03 Å². The molecule has 0 bridgehead atoms. The van der Waals surface area contributed by atoms with Crippen molar-refractivity contribution >= 4 is 17.6 Å². The summed E-state index contributed by atoms with van der Waals surface area (Å²) in [6.45, 7) is 2.82. The molecule has 1 aliphatic heterocycles. The number of amides is 3. The second-order valence-electron chi connectivity index (χ2n) is 6.43. The van der Waals surface area contributed by atoms with Gasteiger partial charge in [-0.05, 0) is 42.5 Å². The summed E-state index contributed by atoms with van der Waals surface area (Å²) in [5.74, 6) is -0.782. The van der Waals surface area contributed by atoms with Crippen molar-refractivity contribution in [2.75, 3.05) is 18.0 Å². The fourth-order valence-corrected chi connectivity index (χ4v) is 3.24. The third-order valence-corrected chi connectivity index (χ3v) is 4.52. The zero-order valence-electron chi connectivity index (χ0n) is 14.7. The smallest absolute Gasteiger partial charge is 0.321 e. The van der Waals surface area contributed by atoms with Crippen molar-refractivity contribution in [3.05, 3.63) is 65.0 Å². The predicted octanol–water partition coefficient (Wildman–Crippen LogP) is 2.91. The van der Waals surface area contributed by atoms with Crippen LogP contribution in [0.15, 0.2) is 42.5 Å². The van der Waals surface area contributed by atoms with Crippen LogP contribution in [0, 0.1) is 12.7 Å². The zero-order chi connectivity index (χ0) is 18.5. The third-order valence-electron chi connectivity index (χ3n) is 4.52. The van der Waals surface area contributed by atoms with E-state index in [1.165, 1.54) is 6.07 Å². The molecule has 5 nitrogen and oxygen atoms in total. The highest BCUT2D eigenvalue weighted by Crippen LogP contribution is 2.32. The molecular formula is C20H22FN3O2. The maximum atomic E-state index is 14.3. The van der Waals surface area contributed by atoms with Crippen molar-refractivity contribution in [2.24, 2.45) is 0 Å². The lowest BCUT2D eigenvalue weighted by Crippen LogP contribution is -2.45. The van der Waals surface area contributed by atoms with E-state index in [-0.39, 0.29) is 12.4 Å². The first-order valence-electron chi connectivity index (χ1n) is 8.69. The van der Waals surface area contributed by atoms with Crippen LogP contribution in [0.25, 0.3) is 0 Å². The van der Waals surface area contributed by atoms with Gasteiger partial charge in [-0.25, -0.2) is 9.18 Å². The van der Waals surface area contributed by atoms with Gasteiger partial charge < -0.3 is 10.2 Å². The van der Waals surface area contributed by atoms with Crippen LogP contribution >= 0.6 is 0 Å². The lowest BCUT2D eigenvalue weighted by Gasteiger charge is -2.32. The Balaban J connectivity index is 1.58. The summed E-state index contributed by atoms with van der Waals surface area (Å²) in [6, 6.07) is 12.1. The van der Waals surface area contributed by atoms with E-state index < -0.39 is 11.9 Å². The van der Waals surface area contributed by atoms with Crippen LogP contribution in [0.2, 0.25) is 0 Å². The average molecular weight is 355 g/mol. The van der Waals surface area contributed by atoms with Crippen molar-refractivity contribution in [3.63, 3.8) is 0 Å². The average Bonchev–Trinajstić information content (AvgIpc) is 2.64. The minimum atomic E-state index is -0.555. The molecule has 0 saturated carbocycles. The number of hydrogen-bond acceptors (Lipinski definition) is 3. The summed E-state index contributed by atoms with van der Waals surface area (Å²) in [6.07, 6.45) is 1.65. The zero-order valence-corrected chi connectivity index (χ0v) is 14.7. The first-order chi connectivity index (χ1) is 12.5. The van der Waals surface area contributed by atoms with Crippen LogP contribution in [-0.2, 0) is 17.8 Å². The Labute approximate surface area is 152 Å². The van der Waals surface area contributed by atoms with E-state index in [2.05, 4.69) is 10.6 Å². The van der Waals surface area contributed by atoms with E-state index in [9.17, 15) is 14.0 Å². The van der Waals surface area contributed by atoms with Gasteiger partial charge in [-0.3, -0.25) is 10.1 Å². The van der Waals surface area contributed by atoms with Crippen molar-refractivity contribution in [1.82, 2.24) is 10.6 Å². The monoisotopic (exact) mass is 355 g/mol. The largest absolute Gasteiger partial charge is 0.360 e. The van der Waals surface area contributed by atoms with Gasteiger partial charge in [0.15, 0.2) is 0 Å². The van der Waals surface area contributed by atoms with Crippen LogP contribution in [0.1, 0.15) is 23.1 Å². The Morgan fingerprint density at radius 2 is 1.92 bits per heavy atom. The van der Waals surface area contributed by atoms with E-state index in [0.29, 0.717) is 18.8 Å². The molecule has 1 heterocycles. The van der Waals surface area contributed by atoms with Gasteiger partial charge in [-0.15, -0.1) is 0 Å². The Kier molecular flexibility index (Phi) is 5.51. The van der Waals surface area contributed by atoms with Crippen molar-refractivity contribution in [3.8, 4) is 0 Å². The number of benzene rings is 2. The molecule has 0 aromatic heterocycles. The Hall–Kier alpha value is -2.89. The fourth-order valence-electron chi connectivity index (χ4n) is 3.24. The van der Waals surface area contributed by atoms with Crippen molar-refractivity contribution < 1.29 is 14.0 Å². The number of carbonyl (C=O) groups is 2. The number of halogens is 1. The number of aryl methyl sites for hydroxylation is 1. The summed E-state index contributed by atoms with van der Waals surface area (Å²) in [5, 5.41) is 4.95. The molecule has 0 radical (unpaired) electrons. The van der Waals surface area contributed by atoms with Crippen LogP contribution in [0.4, 0.5) is 14.9 Å². The highest BCUT2D eigenvalue weighted by Gasteiger charge is 2.24. The van der Waals surface area contributed by atoms with Gasteiger partial charge in [0.25, 0.3) is 0 Å². The van der Waals surface area contributed by atoms with Gasteiger partial charge in [-0.2, -0.15) is 0 Å². The molecular weight excluding hydrogens is 333 g/mol. The molecule has 3 amide bonds. The Bertz CT molecular complexity index is 808. The number of hydrogen-bond donors (Lipinski definition) is 2. The standard InChI is InChI=1S/C20H22FN3O2/c1-14-9-10-17(21)19-16(14)8-5-11-24(19)13-18(25)23-20(26)22-12-15-6-3-2-4-7-15/h2-4,6-7,9-10H,5,8,11-13H2,1H3,(H2,22,23,25,26). The molecule has 0 fully saturated rings. The quantitative estimate of drug-likeness (QED) is 0.886. The first kappa shape index (κ1) is 17.9. The molecule has 3 rings (SSSR count). The number of fused-ring (bicyclic) bond motifs is 1. The summed E-state index contributed by atoms with van der Waals surface area (Å²) in [5.41, 5.74) is 3.39. The highest BCUT2D eigenvalue weighted by molar-refractivity contribution is 5.96. The number of anilines is 1. The molecule has 0 spiro atoms. The van der Waals surface area contributed by atoms with E-state index in [4.69, 9.17) is 0 Å². The minimum Gasteiger partial charge on any atom is -0.360 e. The van der Waals surface area contributed by atoms with Crippen molar-refractivity contribution in [1.29, 1.82) is 0 Å². The maximum absolute atomic E-state index is 14.3. The van der Waals surface area contributed by atoms with Gasteiger partial charge in [0, 0.05) is 13.1 Å². The van der Waals surface area contributed by atoms with Crippen LogP contribution in [0.5, 0.6) is 0 Å². The Morgan fingerprint density at radius 1 is 1.15 bits per heavy atom. The molecule has 2 aromatic rings. The van der Waals surface area contributed by atoms with Crippen molar-refractivity contribution in [2.45, 2.75) is 26.3 Å². The lowest BCUT2D eigenvalue weighted by molar-refractivity contribution is -0.118. The molecule has 136 valence electrons. The fraction of sp³-hybridized carbons (Fsp3) is 0.300. The molecule has 6 heteroatoms. The van der Waals surface area contributed by atoms with Gasteiger partial charge in [0.1, 0.15) is 5.82 Å². The van der Waals surface area contributed by atoms with Crippen LogP contribution in [-0.4, -0.2) is 25.0 Å². The van der Waals surface area contributed by atoms with E-state index in [1.807, 2.05) is 37.3 Å². The van der Waals surface area contributed by atoms with Gasteiger partial charge in [0.2, 0.25) is 5.91 Å². The summed E-state index contributed by atoms with van der Waals surface area (Å²) in [4.78, 5) is 25.8. The highest BCUT2D eigenvalue weighted by atomic mass is 19.1. The number of nitrogens with one attached hydrogen (secondary N) is 2. The normalized spacial score (nSPS) is 13.1. The lowest BCUT2D eigenvalue weighted by atomic mass is 9.96. The van der Waals surface area contributed by atoms with E-state index in [0.717, 1.165) is 29.5 Å². The molecule has 0 unspecified atom stereocenters.